The molecule has 4 fully saturated rings. The molecule has 2 aliphatic heterocycles. The monoisotopic (exact) mass is 194 g/mol. The van der Waals surface area contributed by atoms with Crippen molar-refractivity contribution in [2.75, 3.05) is 0 Å². The second-order valence-electron chi connectivity index (χ2n) is 5.48. The van der Waals surface area contributed by atoms with Crippen molar-refractivity contribution in [2.24, 2.45) is 0 Å². The van der Waals surface area contributed by atoms with Gasteiger partial charge in [-0.05, 0) is 25.7 Å². The van der Waals surface area contributed by atoms with Crippen LogP contribution in [0.2, 0.25) is 0 Å². The molecule has 0 radical (unpaired) electrons. The Morgan fingerprint density at radius 2 is 1.21 bits per heavy atom. The molecule has 4 atom stereocenters. The molecule has 2 heterocycles. The molecule has 0 aromatic heterocycles. The third kappa shape index (κ3) is 0.772. The van der Waals surface area contributed by atoms with E-state index in [9.17, 15) is 0 Å². The summed E-state index contributed by atoms with van der Waals surface area (Å²) in [4.78, 5) is 0. The van der Waals surface area contributed by atoms with Crippen molar-refractivity contribution < 1.29 is 9.47 Å². The van der Waals surface area contributed by atoms with Gasteiger partial charge in [-0.3, -0.25) is 0 Å². The Balaban J connectivity index is 1.63. The summed E-state index contributed by atoms with van der Waals surface area (Å²) in [7, 11) is 0. The molecule has 2 unspecified atom stereocenters. The molecule has 0 aromatic rings. The average molecular weight is 194 g/mol. The highest BCUT2D eigenvalue weighted by Crippen LogP contribution is 2.66. The third-order valence-electron chi connectivity index (χ3n) is 4.88. The summed E-state index contributed by atoms with van der Waals surface area (Å²) in [5.74, 6) is 0. The number of hydrogen-bond acceptors (Lipinski definition) is 2. The lowest BCUT2D eigenvalue weighted by Crippen LogP contribution is -2.41. The maximum absolute atomic E-state index is 6.02. The summed E-state index contributed by atoms with van der Waals surface area (Å²) in [5, 5.41) is 0. The Morgan fingerprint density at radius 1 is 0.714 bits per heavy atom. The zero-order valence-electron chi connectivity index (χ0n) is 8.63. The number of ether oxygens (including phenoxy) is 2. The largest absolute Gasteiger partial charge is 0.363 e. The van der Waals surface area contributed by atoms with Crippen molar-refractivity contribution in [1.82, 2.24) is 0 Å². The van der Waals surface area contributed by atoms with Crippen LogP contribution in [0.5, 0.6) is 0 Å². The maximum atomic E-state index is 6.02. The summed E-state index contributed by atoms with van der Waals surface area (Å²) in [6, 6.07) is 0. The smallest absolute Gasteiger partial charge is 0.126 e. The molecule has 78 valence electrons. The predicted octanol–water partition coefficient (Wildman–Crippen LogP) is 2.41. The van der Waals surface area contributed by atoms with Gasteiger partial charge in [0, 0.05) is 0 Å². The van der Waals surface area contributed by atoms with E-state index in [0.717, 1.165) is 0 Å². The van der Waals surface area contributed by atoms with Crippen LogP contribution in [-0.2, 0) is 9.47 Å². The first-order valence-corrected chi connectivity index (χ1v) is 6.23. The van der Waals surface area contributed by atoms with Crippen molar-refractivity contribution in [3.05, 3.63) is 0 Å². The SMILES string of the molecule is C1CCC2([C@]34CCCC[C@H]3O4)OC2C1. The van der Waals surface area contributed by atoms with Crippen molar-refractivity contribution in [1.29, 1.82) is 0 Å². The Bertz CT molecular complexity index is 249. The van der Waals surface area contributed by atoms with Gasteiger partial charge in [0.05, 0.1) is 12.2 Å². The zero-order valence-corrected chi connectivity index (χ0v) is 8.63. The van der Waals surface area contributed by atoms with E-state index in [2.05, 4.69) is 0 Å². The summed E-state index contributed by atoms with van der Waals surface area (Å²) >= 11 is 0. The predicted molar refractivity (Wildman–Crippen MR) is 52.1 cm³/mol. The van der Waals surface area contributed by atoms with E-state index in [1.807, 2.05) is 0 Å². The van der Waals surface area contributed by atoms with Crippen LogP contribution in [0.4, 0.5) is 0 Å². The maximum Gasteiger partial charge on any atom is 0.126 e. The molecule has 2 heteroatoms. The molecule has 2 nitrogen and oxygen atoms in total. The van der Waals surface area contributed by atoms with E-state index in [1.54, 1.807) is 0 Å². The summed E-state index contributed by atoms with van der Waals surface area (Å²) in [6.45, 7) is 0. The Kier molecular flexibility index (Phi) is 1.37. The first-order valence-electron chi connectivity index (χ1n) is 6.23. The van der Waals surface area contributed by atoms with E-state index in [1.165, 1.54) is 51.4 Å². The lowest BCUT2D eigenvalue weighted by atomic mass is 9.72. The van der Waals surface area contributed by atoms with Gasteiger partial charge in [0.2, 0.25) is 0 Å². The Labute approximate surface area is 85.0 Å². The normalized spacial score (nSPS) is 60.0. The number of rotatable bonds is 1. The van der Waals surface area contributed by atoms with Gasteiger partial charge in [0.25, 0.3) is 0 Å². The minimum absolute atomic E-state index is 0.205. The van der Waals surface area contributed by atoms with Gasteiger partial charge in [-0.1, -0.05) is 25.7 Å². The molecule has 4 rings (SSSR count). The van der Waals surface area contributed by atoms with E-state index in [-0.39, 0.29) is 11.2 Å². The van der Waals surface area contributed by atoms with Gasteiger partial charge >= 0.3 is 0 Å². The topological polar surface area (TPSA) is 25.1 Å². The van der Waals surface area contributed by atoms with Gasteiger partial charge in [-0.2, -0.15) is 0 Å². The molecule has 0 aromatic carbocycles. The minimum Gasteiger partial charge on any atom is -0.363 e. The Hall–Kier alpha value is -0.0800. The fourth-order valence-corrected chi connectivity index (χ4v) is 4.07. The van der Waals surface area contributed by atoms with E-state index in [0.29, 0.717) is 12.2 Å². The second kappa shape index (κ2) is 2.35. The molecule has 0 N–H and O–H groups in total. The third-order valence-corrected chi connectivity index (χ3v) is 4.88. The van der Waals surface area contributed by atoms with Gasteiger partial charge in [-0.25, -0.2) is 0 Å². The van der Waals surface area contributed by atoms with Crippen LogP contribution in [-0.4, -0.2) is 23.4 Å². The zero-order chi connectivity index (χ0) is 9.23. The number of hydrogen-bond donors (Lipinski definition) is 0. The molecular weight excluding hydrogens is 176 g/mol. The molecule has 2 saturated carbocycles. The molecule has 0 bridgehead atoms. The summed E-state index contributed by atoms with van der Waals surface area (Å²) in [6.07, 6.45) is 11.7. The van der Waals surface area contributed by atoms with Crippen molar-refractivity contribution in [3.8, 4) is 0 Å². The molecule has 4 aliphatic rings. The summed E-state index contributed by atoms with van der Waals surface area (Å²) < 4.78 is 12.0. The first kappa shape index (κ1) is 8.12. The van der Waals surface area contributed by atoms with Gasteiger partial charge in [-0.15, -0.1) is 0 Å². The van der Waals surface area contributed by atoms with Crippen LogP contribution in [0.25, 0.3) is 0 Å². The molecule has 0 spiro atoms. The number of fused-ring (bicyclic) bond motifs is 3. The first-order chi connectivity index (χ1) is 6.87. The van der Waals surface area contributed by atoms with Gasteiger partial charge in [0.1, 0.15) is 11.2 Å². The molecular formula is C12H18O2. The average Bonchev–Trinajstić information content (AvgIpc) is 3.11. The molecule has 0 amide bonds. The van der Waals surface area contributed by atoms with Gasteiger partial charge in [0.15, 0.2) is 0 Å². The van der Waals surface area contributed by atoms with Crippen LogP contribution in [0.1, 0.15) is 51.4 Å². The van der Waals surface area contributed by atoms with Crippen LogP contribution in [0.15, 0.2) is 0 Å². The van der Waals surface area contributed by atoms with Crippen molar-refractivity contribution in [2.45, 2.75) is 74.8 Å². The van der Waals surface area contributed by atoms with Crippen molar-refractivity contribution >= 4 is 0 Å². The quantitative estimate of drug-likeness (QED) is 0.599. The lowest BCUT2D eigenvalue weighted by Gasteiger charge is -2.27. The lowest BCUT2D eigenvalue weighted by molar-refractivity contribution is 0.134. The second-order valence-corrected chi connectivity index (χ2v) is 5.48. The van der Waals surface area contributed by atoms with E-state index in [4.69, 9.17) is 9.47 Å². The number of epoxide rings is 2. The van der Waals surface area contributed by atoms with Crippen LogP contribution in [0.3, 0.4) is 0 Å². The van der Waals surface area contributed by atoms with Crippen LogP contribution in [0, 0.1) is 0 Å². The standard InChI is InChI=1S/C12H18O2/c1-3-7-11(9(5-1)13-11)12-8-4-2-6-10(12)14-12/h9-10H,1-8H2/t9-,10?,11+,12?/m1/s1. The van der Waals surface area contributed by atoms with Crippen LogP contribution >= 0.6 is 0 Å². The fourth-order valence-electron chi connectivity index (χ4n) is 4.07. The van der Waals surface area contributed by atoms with E-state index >= 15 is 0 Å². The Morgan fingerprint density at radius 3 is 1.64 bits per heavy atom. The highest BCUT2D eigenvalue weighted by molar-refractivity contribution is 5.27. The highest BCUT2D eigenvalue weighted by atomic mass is 16.7. The minimum atomic E-state index is 0.205. The van der Waals surface area contributed by atoms with Crippen LogP contribution < -0.4 is 0 Å². The van der Waals surface area contributed by atoms with Gasteiger partial charge < -0.3 is 9.47 Å². The fraction of sp³-hybridized carbons (Fsp3) is 1.00. The molecule has 2 aliphatic carbocycles. The van der Waals surface area contributed by atoms with E-state index < -0.39 is 0 Å². The van der Waals surface area contributed by atoms with Crippen molar-refractivity contribution in [3.63, 3.8) is 0 Å². The molecule has 14 heavy (non-hydrogen) atoms. The molecule has 2 saturated heterocycles. The highest BCUT2D eigenvalue weighted by Gasteiger charge is 2.79. The summed E-state index contributed by atoms with van der Waals surface area (Å²) in [5.41, 5.74) is 0.409.